The maximum absolute atomic E-state index is 13.9. The molecule has 0 saturated heterocycles. The van der Waals surface area contributed by atoms with Gasteiger partial charge in [-0.15, -0.1) is 0 Å². The second kappa shape index (κ2) is 19.8. The van der Waals surface area contributed by atoms with E-state index in [-0.39, 0.29) is 5.92 Å². The van der Waals surface area contributed by atoms with E-state index in [4.69, 9.17) is 18.5 Å². The van der Waals surface area contributed by atoms with Crippen molar-refractivity contribution in [3.05, 3.63) is 55.1 Å². The maximum Gasteiger partial charge on any atom is 0.361 e. The summed E-state index contributed by atoms with van der Waals surface area (Å²) < 4.78 is 35.8. The van der Waals surface area contributed by atoms with Crippen molar-refractivity contribution >= 4 is 24.8 Å². The Balaban J connectivity index is 2.47. The topological polar surface area (TPSA) is 88.1 Å². The molecule has 0 spiro atoms. The summed E-state index contributed by atoms with van der Waals surface area (Å²) in [6.45, 7) is 12.4. The van der Waals surface area contributed by atoms with Gasteiger partial charge in [0.2, 0.25) is 0 Å². The fourth-order valence-electron chi connectivity index (χ4n) is 3.70. The van der Waals surface area contributed by atoms with Gasteiger partial charge in [0.15, 0.2) is 0 Å². The Labute approximate surface area is 223 Å². The van der Waals surface area contributed by atoms with E-state index in [1.165, 1.54) is 12.2 Å². The molecule has 0 saturated carbocycles. The highest BCUT2D eigenvalue weighted by Crippen LogP contribution is 2.49. The van der Waals surface area contributed by atoms with Gasteiger partial charge in [0.25, 0.3) is 0 Å². The highest BCUT2D eigenvalue weighted by atomic mass is 31.2. The first-order valence-corrected chi connectivity index (χ1v) is 14.9. The molecule has 0 aromatic heterocycles. The zero-order valence-electron chi connectivity index (χ0n) is 22.7. The lowest BCUT2D eigenvalue weighted by molar-refractivity contribution is -0.138. The van der Waals surface area contributed by atoms with Crippen LogP contribution in [0.1, 0.15) is 89.5 Å². The van der Waals surface area contributed by atoms with Gasteiger partial charge in [0.05, 0.1) is 31.7 Å². The van der Waals surface area contributed by atoms with E-state index in [0.717, 1.165) is 69.8 Å². The van der Waals surface area contributed by atoms with Gasteiger partial charge in [-0.25, -0.2) is 9.59 Å². The van der Waals surface area contributed by atoms with Crippen molar-refractivity contribution < 1.29 is 32.7 Å². The summed E-state index contributed by atoms with van der Waals surface area (Å²) in [5, 5.41) is 0.651. The fourth-order valence-corrected chi connectivity index (χ4v) is 5.71. The molecule has 0 radical (unpaired) electrons. The molecule has 0 atom stereocenters. The van der Waals surface area contributed by atoms with E-state index in [9.17, 15) is 14.2 Å². The van der Waals surface area contributed by atoms with Crippen LogP contribution in [0, 0.1) is 0 Å². The van der Waals surface area contributed by atoms with E-state index in [1.54, 1.807) is 0 Å². The van der Waals surface area contributed by atoms with Crippen LogP contribution in [-0.4, -0.2) is 38.4 Å². The minimum absolute atomic E-state index is 0.196. The van der Waals surface area contributed by atoms with E-state index in [2.05, 4.69) is 27.0 Å². The normalized spacial score (nSPS) is 11.3. The fraction of sp³-hybridized carbons (Fsp3) is 0.586. The van der Waals surface area contributed by atoms with Crippen LogP contribution in [0.4, 0.5) is 0 Å². The molecule has 8 heteroatoms. The monoisotopic (exact) mass is 536 g/mol. The third-order valence-electron chi connectivity index (χ3n) is 5.78. The predicted molar refractivity (Wildman–Crippen MR) is 148 cm³/mol. The van der Waals surface area contributed by atoms with Gasteiger partial charge in [-0.2, -0.15) is 0 Å². The summed E-state index contributed by atoms with van der Waals surface area (Å²) in [5.74, 6) is -0.586. The molecule has 7 nitrogen and oxygen atoms in total. The molecule has 1 aromatic rings. The van der Waals surface area contributed by atoms with Gasteiger partial charge in [0, 0.05) is 12.2 Å². The molecule has 0 aliphatic carbocycles. The minimum Gasteiger partial charge on any atom is -0.463 e. The van der Waals surface area contributed by atoms with Crippen molar-refractivity contribution in [2.24, 2.45) is 0 Å². The molecule has 0 bridgehead atoms. The van der Waals surface area contributed by atoms with E-state index < -0.39 is 19.5 Å². The molecule has 208 valence electrons. The molecule has 37 heavy (non-hydrogen) atoms. The summed E-state index contributed by atoms with van der Waals surface area (Å²) >= 11 is 0. The molecule has 0 aliphatic heterocycles. The first kappa shape index (κ1) is 32.8. The van der Waals surface area contributed by atoms with Crippen LogP contribution in [0.3, 0.4) is 0 Å². The second-order valence-corrected chi connectivity index (χ2v) is 11.1. The molecule has 0 amide bonds. The third-order valence-corrected chi connectivity index (χ3v) is 7.82. The van der Waals surface area contributed by atoms with Gasteiger partial charge >= 0.3 is 19.5 Å². The average molecular weight is 537 g/mol. The summed E-state index contributed by atoms with van der Waals surface area (Å²) in [6.07, 6.45) is 11.2. The number of ether oxygens (including phenoxy) is 2. The van der Waals surface area contributed by atoms with Crippen molar-refractivity contribution in [1.29, 1.82) is 0 Å². The molecule has 0 aliphatic rings. The summed E-state index contributed by atoms with van der Waals surface area (Å²) in [6, 6.07) is 7.66. The lowest BCUT2D eigenvalue weighted by atomic mass is 10.0. The summed E-state index contributed by atoms with van der Waals surface area (Å²) in [5.41, 5.74) is 0.981. The number of carbonyl (C=O) groups excluding carboxylic acids is 2. The lowest BCUT2D eigenvalue weighted by Gasteiger charge is -2.22. The smallest absolute Gasteiger partial charge is 0.361 e. The molecular formula is C29H45O7P. The first-order valence-electron chi connectivity index (χ1n) is 13.4. The van der Waals surface area contributed by atoms with Crippen molar-refractivity contribution in [3.63, 3.8) is 0 Å². The van der Waals surface area contributed by atoms with Gasteiger partial charge < -0.3 is 18.5 Å². The van der Waals surface area contributed by atoms with Crippen LogP contribution in [0.2, 0.25) is 0 Å². The van der Waals surface area contributed by atoms with Crippen LogP contribution < -0.4 is 5.30 Å². The average Bonchev–Trinajstić information content (AvgIpc) is 2.90. The van der Waals surface area contributed by atoms with E-state index in [0.29, 0.717) is 31.7 Å². The Bertz CT molecular complexity index is 824. The van der Waals surface area contributed by atoms with Crippen LogP contribution in [-0.2, 0) is 32.7 Å². The SMILES string of the molecule is C=CC(=O)OCCCCCCCOP(=O)(OCCCCCCCOC(=O)C=C)c1ccccc1C(C)C. The highest BCUT2D eigenvalue weighted by molar-refractivity contribution is 7.62. The van der Waals surface area contributed by atoms with Gasteiger partial charge in [-0.05, 0) is 43.2 Å². The Morgan fingerprint density at radius 2 is 1.14 bits per heavy atom. The lowest BCUT2D eigenvalue weighted by Crippen LogP contribution is -2.17. The van der Waals surface area contributed by atoms with Crippen molar-refractivity contribution in [1.82, 2.24) is 0 Å². The maximum atomic E-state index is 13.9. The first-order chi connectivity index (χ1) is 17.8. The summed E-state index contributed by atoms with van der Waals surface area (Å²) in [7, 11) is -3.46. The Morgan fingerprint density at radius 3 is 1.57 bits per heavy atom. The van der Waals surface area contributed by atoms with E-state index >= 15 is 0 Å². The van der Waals surface area contributed by atoms with Crippen LogP contribution >= 0.6 is 7.60 Å². The molecular weight excluding hydrogens is 491 g/mol. The van der Waals surface area contributed by atoms with Crippen LogP contribution in [0.25, 0.3) is 0 Å². The number of unbranched alkanes of at least 4 members (excludes halogenated alkanes) is 8. The second-order valence-electron chi connectivity index (χ2n) is 9.16. The number of hydrogen-bond acceptors (Lipinski definition) is 7. The van der Waals surface area contributed by atoms with Gasteiger partial charge in [0.1, 0.15) is 0 Å². The number of hydrogen-bond donors (Lipinski definition) is 0. The Kier molecular flexibility index (Phi) is 17.6. The number of rotatable bonds is 22. The zero-order valence-corrected chi connectivity index (χ0v) is 23.6. The third kappa shape index (κ3) is 14.3. The Hall–Kier alpha value is -2.21. The highest BCUT2D eigenvalue weighted by Gasteiger charge is 2.30. The number of carbonyl (C=O) groups is 2. The molecule has 0 N–H and O–H groups in total. The van der Waals surface area contributed by atoms with Gasteiger partial charge in [-0.1, -0.05) is 83.7 Å². The molecule has 0 fully saturated rings. The van der Waals surface area contributed by atoms with Gasteiger partial charge in [-0.3, -0.25) is 4.57 Å². The molecule has 1 rings (SSSR count). The van der Waals surface area contributed by atoms with Crippen LogP contribution in [0.5, 0.6) is 0 Å². The van der Waals surface area contributed by atoms with Crippen molar-refractivity contribution in [2.45, 2.75) is 84.0 Å². The molecule has 1 aromatic carbocycles. The largest absolute Gasteiger partial charge is 0.463 e. The predicted octanol–water partition coefficient (Wildman–Crippen LogP) is 7.02. The quantitative estimate of drug-likeness (QED) is 0.0681. The Morgan fingerprint density at radius 1 is 0.730 bits per heavy atom. The number of benzene rings is 1. The van der Waals surface area contributed by atoms with Crippen LogP contribution in [0.15, 0.2) is 49.6 Å². The summed E-state index contributed by atoms with van der Waals surface area (Å²) in [4.78, 5) is 22.1. The van der Waals surface area contributed by atoms with E-state index in [1.807, 2.05) is 24.3 Å². The number of esters is 2. The molecule has 0 heterocycles. The van der Waals surface area contributed by atoms with Crippen molar-refractivity contribution in [2.75, 3.05) is 26.4 Å². The minimum atomic E-state index is -3.46. The standard InChI is InChI=1S/C29H45O7P/c1-5-28(30)33-21-15-9-7-11-17-23-35-37(32,27-20-14-13-19-26(27)25(3)4)36-24-18-12-8-10-16-22-34-29(31)6-2/h5-6,13-14,19-20,25H,1-2,7-12,15-18,21-24H2,3-4H3. The van der Waals surface area contributed by atoms with Crippen molar-refractivity contribution in [3.8, 4) is 0 Å². The molecule has 0 unspecified atom stereocenters. The zero-order chi connectivity index (χ0) is 27.4.